The van der Waals surface area contributed by atoms with E-state index in [2.05, 4.69) is 10.2 Å². The summed E-state index contributed by atoms with van der Waals surface area (Å²) in [7, 11) is -4.02. The molecular weight excluding hydrogens is 276 g/mol. The molecule has 1 heterocycles. The highest BCUT2D eigenvalue weighted by molar-refractivity contribution is 7.92. The molecule has 1 aromatic heterocycles. The van der Waals surface area contributed by atoms with Crippen molar-refractivity contribution in [2.24, 2.45) is 0 Å². The maximum Gasteiger partial charge on any atom is 0.265 e. The second-order valence-corrected chi connectivity index (χ2v) is 5.61. The first-order chi connectivity index (χ1) is 8.81. The fraction of sp³-hybridized carbons (Fsp3) is 0.182. The van der Waals surface area contributed by atoms with Gasteiger partial charge in [-0.05, 0) is 26.0 Å². The highest BCUT2D eigenvalue weighted by Gasteiger charge is 2.23. The zero-order chi connectivity index (χ0) is 14.2. The summed E-state index contributed by atoms with van der Waals surface area (Å²) in [5.41, 5.74) is 0.128. The molecule has 0 aliphatic carbocycles. The molecule has 0 bridgehead atoms. The van der Waals surface area contributed by atoms with Crippen molar-refractivity contribution in [1.29, 1.82) is 0 Å². The highest BCUT2D eigenvalue weighted by Crippen LogP contribution is 2.23. The Kier molecular flexibility index (Phi) is 3.27. The van der Waals surface area contributed by atoms with Crippen LogP contribution >= 0.6 is 0 Å². The Labute approximate surface area is 108 Å². The first kappa shape index (κ1) is 13.5. The lowest BCUT2D eigenvalue weighted by molar-refractivity contribution is 0.593. The molecule has 0 radical (unpaired) electrons. The lowest BCUT2D eigenvalue weighted by atomic mass is 10.3. The normalized spacial score (nSPS) is 11.6. The molecule has 2 rings (SSSR count). The molecule has 0 unspecified atom stereocenters. The minimum absolute atomic E-state index is 0.0730. The van der Waals surface area contributed by atoms with E-state index in [1.54, 1.807) is 0 Å². The number of nitrogens with zero attached hydrogens (tertiary/aromatic N) is 1. The summed E-state index contributed by atoms with van der Waals surface area (Å²) in [6, 6.07) is 2.53. The molecule has 0 aliphatic rings. The van der Waals surface area contributed by atoms with E-state index in [1.807, 2.05) is 4.72 Å². The van der Waals surface area contributed by atoms with Gasteiger partial charge in [-0.2, -0.15) is 5.10 Å². The molecule has 0 spiro atoms. The number of sulfonamides is 1. The molecule has 1 aromatic carbocycles. The van der Waals surface area contributed by atoms with E-state index in [0.717, 1.165) is 18.2 Å². The molecule has 0 saturated heterocycles. The topological polar surface area (TPSA) is 74.8 Å². The monoisotopic (exact) mass is 287 g/mol. The third-order valence-corrected chi connectivity index (χ3v) is 4.13. The van der Waals surface area contributed by atoms with E-state index in [-0.39, 0.29) is 10.6 Å². The Bertz CT molecular complexity index is 706. The molecule has 0 saturated carbocycles. The molecule has 0 amide bonds. The van der Waals surface area contributed by atoms with Gasteiger partial charge in [0.05, 0.1) is 17.1 Å². The van der Waals surface area contributed by atoms with Gasteiger partial charge < -0.3 is 0 Å². The van der Waals surface area contributed by atoms with Gasteiger partial charge in [0.2, 0.25) is 0 Å². The van der Waals surface area contributed by atoms with Gasteiger partial charge in [0.25, 0.3) is 10.0 Å². The summed E-state index contributed by atoms with van der Waals surface area (Å²) in [6.45, 7) is 3.02. The van der Waals surface area contributed by atoms with Gasteiger partial charge in [0, 0.05) is 6.07 Å². The van der Waals surface area contributed by atoms with Gasteiger partial charge in [-0.3, -0.25) is 9.82 Å². The lowest BCUT2D eigenvalue weighted by Crippen LogP contribution is -2.15. The number of H-pyrrole nitrogens is 1. The van der Waals surface area contributed by atoms with Crippen LogP contribution in [-0.4, -0.2) is 18.6 Å². The average Bonchev–Trinajstić information content (AvgIpc) is 2.64. The van der Waals surface area contributed by atoms with E-state index in [0.29, 0.717) is 5.69 Å². The molecule has 0 atom stereocenters. The van der Waals surface area contributed by atoms with Crippen LogP contribution in [0.15, 0.2) is 23.1 Å². The summed E-state index contributed by atoms with van der Waals surface area (Å²) in [5, 5.41) is 6.27. The summed E-state index contributed by atoms with van der Waals surface area (Å²) >= 11 is 0. The van der Waals surface area contributed by atoms with Crippen LogP contribution < -0.4 is 4.72 Å². The molecule has 8 heteroatoms. The molecule has 2 aromatic rings. The van der Waals surface area contributed by atoms with E-state index < -0.39 is 27.3 Å². The van der Waals surface area contributed by atoms with E-state index in [1.165, 1.54) is 13.8 Å². The van der Waals surface area contributed by atoms with Gasteiger partial charge in [-0.1, -0.05) is 0 Å². The number of nitrogens with one attached hydrogen (secondary N) is 2. The molecule has 0 aliphatic heterocycles. The number of benzene rings is 1. The highest BCUT2D eigenvalue weighted by atomic mass is 32.2. The predicted molar refractivity (Wildman–Crippen MR) is 65.2 cm³/mol. The Morgan fingerprint density at radius 2 is 1.95 bits per heavy atom. The second-order valence-electron chi connectivity index (χ2n) is 3.99. The van der Waals surface area contributed by atoms with Crippen molar-refractivity contribution in [1.82, 2.24) is 10.2 Å². The van der Waals surface area contributed by atoms with Crippen LogP contribution in [0.3, 0.4) is 0 Å². The molecule has 2 N–H and O–H groups in total. The Morgan fingerprint density at radius 1 is 1.26 bits per heavy atom. The average molecular weight is 287 g/mol. The van der Waals surface area contributed by atoms with Crippen molar-refractivity contribution in [3.63, 3.8) is 0 Å². The van der Waals surface area contributed by atoms with E-state index in [9.17, 15) is 17.2 Å². The lowest BCUT2D eigenvalue weighted by Gasteiger charge is -2.09. The van der Waals surface area contributed by atoms with Gasteiger partial charge in [0.15, 0.2) is 0 Å². The quantitative estimate of drug-likeness (QED) is 0.907. The Balaban J connectivity index is 2.45. The molecule has 0 fully saturated rings. The SMILES string of the molecule is Cc1n[nH]c(C)c1S(=O)(=O)Nc1cc(F)ccc1F. The number of hydrogen-bond donors (Lipinski definition) is 2. The van der Waals surface area contributed by atoms with Crippen LogP contribution in [0.1, 0.15) is 11.4 Å². The van der Waals surface area contributed by atoms with E-state index >= 15 is 0 Å². The first-order valence-electron chi connectivity index (χ1n) is 5.30. The van der Waals surface area contributed by atoms with Crippen LogP contribution in [0.5, 0.6) is 0 Å². The largest absolute Gasteiger partial charge is 0.281 e. The number of anilines is 1. The standard InChI is InChI=1S/C11H11F2N3O2S/c1-6-11(7(2)15-14-6)19(17,18)16-10-5-8(12)3-4-9(10)13/h3-5,16H,1-2H3,(H,14,15). The van der Waals surface area contributed by atoms with Crippen LogP contribution in [-0.2, 0) is 10.0 Å². The minimum atomic E-state index is -4.02. The van der Waals surface area contributed by atoms with Gasteiger partial charge in [0.1, 0.15) is 16.5 Å². The minimum Gasteiger partial charge on any atom is -0.281 e. The van der Waals surface area contributed by atoms with Crippen molar-refractivity contribution in [3.05, 3.63) is 41.2 Å². The fourth-order valence-corrected chi connectivity index (χ4v) is 3.14. The number of aryl methyl sites for hydroxylation is 2. The Morgan fingerprint density at radius 3 is 2.53 bits per heavy atom. The number of aromatic nitrogens is 2. The summed E-state index contributed by atoms with van der Waals surface area (Å²) in [4.78, 5) is -0.0730. The van der Waals surface area contributed by atoms with Gasteiger partial charge in [-0.25, -0.2) is 17.2 Å². The number of hydrogen-bond acceptors (Lipinski definition) is 3. The molecular formula is C11H11F2N3O2S. The van der Waals surface area contributed by atoms with Crippen LogP contribution in [0.4, 0.5) is 14.5 Å². The molecule has 5 nitrogen and oxygen atoms in total. The van der Waals surface area contributed by atoms with Crippen molar-refractivity contribution >= 4 is 15.7 Å². The fourth-order valence-electron chi connectivity index (χ4n) is 1.71. The number of aromatic amines is 1. The third kappa shape index (κ3) is 2.58. The zero-order valence-electron chi connectivity index (χ0n) is 10.2. The van der Waals surface area contributed by atoms with Crippen molar-refractivity contribution in [2.75, 3.05) is 4.72 Å². The van der Waals surface area contributed by atoms with E-state index in [4.69, 9.17) is 0 Å². The maximum absolute atomic E-state index is 13.4. The summed E-state index contributed by atoms with van der Waals surface area (Å²) in [6.07, 6.45) is 0. The Hall–Kier alpha value is -1.96. The van der Waals surface area contributed by atoms with Crippen molar-refractivity contribution in [2.45, 2.75) is 18.7 Å². The zero-order valence-corrected chi connectivity index (χ0v) is 11.0. The maximum atomic E-state index is 13.4. The molecule has 102 valence electrons. The van der Waals surface area contributed by atoms with Gasteiger partial charge >= 0.3 is 0 Å². The van der Waals surface area contributed by atoms with Crippen molar-refractivity contribution in [3.8, 4) is 0 Å². The van der Waals surface area contributed by atoms with Crippen molar-refractivity contribution < 1.29 is 17.2 Å². The first-order valence-corrected chi connectivity index (χ1v) is 6.79. The molecule has 19 heavy (non-hydrogen) atoms. The smallest absolute Gasteiger partial charge is 0.265 e. The third-order valence-electron chi connectivity index (χ3n) is 2.50. The predicted octanol–water partition coefficient (Wildman–Crippen LogP) is 2.11. The van der Waals surface area contributed by atoms with Crippen LogP contribution in [0.2, 0.25) is 0 Å². The number of halogens is 2. The second kappa shape index (κ2) is 4.61. The summed E-state index contributed by atoms with van der Waals surface area (Å²) < 4.78 is 52.7. The van der Waals surface area contributed by atoms with Crippen LogP contribution in [0.25, 0.3) is 0 Å². The summed E-state index contributed by atoms with van der Waals surface area (Å²) in [5.74, 6) is -1.59. The van der Waals surface area contributed by atoms with Gasteiger partial charge in [-0.15, -0.1) is 0 Å². The number of rotatable bonds is 3. The van der Waals surface area contributed by atoms with Crippen LogP contribution in [0, 0.1) is 25.5 Å².